The first-order chi connectivity index (χ1) is 10.1. The Morgan fingerprint density at radius 2 is 2.14 bits per heavy atom. The second kappa shape index (κ2) is 5.94. The summed E-state index contributed by atoms with van der Waals surface area (Å²) in [5, 5.41) is 4.91. The van der Waals surface area contributed by atoms with Gasteiger partial charge in [-0.2, -0.15) is 0 Å². The molecule has 2 aromatic heterocycles. The standard InChI is InChI=1S/C13H20N4O2S2/c1-14-11-12(17-7-8-20-13(17)16-11)21(18,19)15-9-10-5-3-2-4-6-10/h7-8,10,14-15H,2-6,9H2,1H3. The highest BCUT2D eigenvalue weighted by atomic mass is 32.2. The molecular weight excluding hydrogens is 308 g/mol. The van der Waals surface area contributed by atoms with E-state index in [1.165, 1.54) is 30.6 Å². The second-order valence-electron chi connectivity index (χ2n) is 5.43. The molecule has 1 fully saturated rings. The SMILES string of the molecule is CNc1nc2sccn2c1S(=O)(=O)NCC1CCCCC1. The number of rotatable bonds is 5. The molecule has 2 aromatic rings. The quantitative estimate of drug-likeness (QED) is 0.883. The Balaban J connectivity index is 1.83. The molecule has 0 spiro atoms. The van der Waals surface area contributed by atoms with E-state index in [1.54, 1.807) is 17.6 Å². The third kappa shape index (κ3) is 2.93. The van der Waals surface area contributed by atoms with E-state index in [0.717, 1.165) is 12.8 Å². The van der Waals surface area contributed by atoms with Gasteiger partial charge in [0.2, 0.25) is 0 Å². The maximum atomic E-state index is 12.6. The first-order valence-electron chi connectivity index (χ1n) is 7.25. The highest BCUT2D eigenvalue weighted by Gasteiger charge is 2.26. The fourth-order valence-corrected chi connectivity index (χ4v) is 5.04. The average Bonchev–Trinajstić information content (AvgIpc) is 3.06. The van der Waals surface area contributed by atoms with Crippen molar-refractivity contribution in [1.29, 1.82) is 0 Å². The third-order valence-corrected chi connectivity index (χ3v) is 6.20. The number of aromatic nitrogens is 2. The molecule has 2 heterocycles. The van der Waals surface area contributed by atoms with Crippen molar-refractivity contribution >= 4 is 32.1 Å². The summed E-state index contributed by atoms with van der Waals surface area (Å²) in [6.45, 7) is 0.517. The fourth-order valence-electron chi connectivity index (χ4n) is 2.87. The monoisotopic (exact) mass is 328 g/mol. The zero-order valence-electron chi connectivity index (χ0n) is 12.0. The minimum absolute atomic E-state index is 0.206. The van der Waals surface area contributed by atoms with E-state index >= 15 is 0 Å². The van der Waals surface area contributed by atoms with Gasteiger partial charge < -0.3 is 5.32 Å². The van der Waals surface area contributed by atoms with E-state index < -0.39 is 10.0 Å². The van der Waals surface area contributed by atoms with Gasteiger partial charge in [-0.15, -0.1) is 11.3 Å². The number of hydrogen-bond donors (Lipinski definition) is 2. The van der Waals surface area contributed by atoms with Crippen LogP contribution in [0.2, 0.25) is 0 Å². The van der Waals surface area contributed by atoms with Crippen LogP contribution in [-0.4, -0.2) is 31.4 Å². The molecule has 0 radical (unpaired) electrons. The van der Waals surface area contributed by atoms with Crippen LogP contribution in [0, 0.1) is 5.92 Å². The third-order valence-electron chi connectivity index (χ3n) is 4.00. The van der Waals surface area contributed by atoms with Gasteiger partial charge in [-0.05, 0) is 18.8 Å². The number of sulfonamides is 1. The Labute approximate surface area is 128 Å². The molecule has 0 saturated heterocycles. The summed E-state index contributed by atoms with van der Waals surface area (Å²) in [5.41, 5.74) is 0. The molecule has 6 nitrogen and oxygen atoms in total. The van der Waals surface area contributed by atoms with Gasteiger partial charge in [0, 0.05) is 25.2 Å². The van der Waals surface area contributed by atoms with Crippen molar-refractivity contribution in [2.75, 3.05) is 18.9 Å². The number of fused-ring (bicyclic) bond motifs is 1. The Bertz CT molecular complexity index is 714. The molecule has 0 atom stereocenters. The molecular formula is C13H20N4O2S2. The highest BCUT2D eigenvalue weighted by Crippen LogP contribution is 2.26. The van der Waals surface area contributed by atoms with E-state index in [9.17, 15) is 8.42 Å². The van der Waals surface area contributed by atoms with Crippen LogP contribution in [-0.2, 0) is 10.0 Å². The van der Waals surface area contributed by atoms with Crippen LogP contribution in [0.4, 0.5) is 5.82 Å². The summed E-state index contributed by atoms with van der Waals surface area (Å²) < 4.78 is 29.6. The lowest BCUT2D eigenvalue weighted by molar-refractivity contribution is 0.357. The smallest absolute Gasteiger partial charge is 0.260 e. The van der Waals surface area contributed by atoms with Crippen molar-refractivity contribution in [3.63, 3.8) is 0 Å². The maximum Gasteiger partial charge on any atom is 0.260 e. The zero-order chi connectivity index (χ0) is 14.9. The van der Waals surface area contributed by atoms with Crippen LogP contribution in [0.5, 0.6) is 0 Å². The average molecular weight is 328 g/mol. The first-order valence-corrected chi connectivity index (χ1v) is 9.61. The number of anilines is 1. The van der Waals surface area contributed by atoms with Gasteiger partial charge in [-0.25, -0.2) is 18.1 Å². The van der Waals surface area contributed by atoms with Gasteiger partial charge in [-0.3, -0.25) is 4.40 Å². The predicted octanol–water partition coefficient (Wildman–Crippen LogP) is 2.30. The van der Waals surface area contributed by atoms with Crippen LogP contribution in [0.25, 0.3) is 4.96 Å². The Morgan fingerprint density at radius 3 is 2.86 bits per heavy atom. The van der Waals surface area contributed by atoms with E-state index in [0.29, 0.717) is 23.2 Å². The number of thiazole rings is 1. The Kier molecular flexibility index (Phi) is 4.19. The van der Waals surface area contributed by atoms with Crippen molar-refractivity contribution in [2.45, 2.75) is 37.1 Å². The summed E-state index contributed by atoms with van der Waals surface area (Å²) in [7, 11) is -1.87. The predicted molar refractivity (Wildman–Crippen MR) is 84.4 cm³/mol. The van der Waals surface area contributed by atoms with E-state index in [2.05, 4.69) is 15.0 Å². The number of nitrogens with one attached hydrogen (secondary N) is 2. The Hall–Kier alpha value is -1.12. The number of imidazole rings is 1. The zero-order valence-corrected chi connectivity index (χ0v) is 13.6. The van der Waals surface area contributed by atoms with Crippen LogP contribution >= 0.6 is 11.3 Å². The molecule has 1 aliphatic rings. The molecule has 0 bridgehead atoms. The molecule has 0 aliphatic heterocycles. The Morgan fingerprint density at radius 1 is 1.38 bits per heavy atom. The van der Waals surface area contributed by atoms with Gasteiger partial charge in [0.15, 0.2) is 15.8 Å². The molecule has 116 valence electrons. The lowest BCUT2D eigenvalue weighted by Gasteiger charge is -2.21. The molecule has 1 aliphatic carbocycles. The lowest BCUT2D eigenvalue weighted by atomic mass is 9.90. The van der Waals surface area contributed by atoms with Crippen LogP contribution in [0.15, 0.2) is 16.6 Å². The van der Waals surface area contributed by atoms with Crippen molar-refractivity contribution in [1.82, 2.24) is 14.1 Å². The van der Waals surface area contributed by atoms with Gasteiger partial charge in [0.25, 0.3) is 10.0 Å². The van der Waals surface area contributed by atoms with Crippen LogP contribution in [0.3, 0.4) is 0 Å². The van der Waals surface area contributed by atoms with Gasteiger partial charge in [0.1, 0.15) is 0 Å². The number of nitrogens with zero attached hydrogens (tertiary/aromatic N) is 2. The van der Waals surface area contributed by atoms with Crippen molar-refractivity contribution in [2.24, 2.45) is 5.92 Å². The largest absolute Gasteiger partial charge is 0.371 e. The van der Waals surface area contributed by atoms with E-state index in [-0.39, 0.29) is 5.03 Å². The summed E-state index contributed by atoms with van der Waals surface area (Å²) in [6.07, 6.45) is 7.64. The summed E-state index contributed by atoms with van der Waals surface area (Å²) >= 11 is 1.42. The molecule has 3 rings (SSSR count). The lowest BCUT2D eigenvalue weighted by Crippen LogP contribution is -2.31. The fraction of sp³-hybridized carbons (Fsp3) is 0.615. The summed E-state index contributed by atoms with van der Waals surface area (Å²) in [4.78, 5) is 4.98. The molecule has 1 saturated carbocycles. The molecule has 2 N–H and O–H groups in total. The van der Waals surface area contributed by atoms with E-state index in [4.69, 9.17) is 0 Å². The van der Waals surface area contributed by atoms with Crippen LogP contribution in [0.1, 0.15) is 32.1 Å². The van der Waals surface area contributed by atoms with Gasteiger partial charge >= 0.3 is 0 Å². The second-order valence-corrected chi connectivity index (χ2v) is 7.98. The minimum atomic E-state index is -3.56. The first kappa shape index (κ1) is 14.8. The van der Waals surface area contributed by atoms with Gasteiger partial charge in [0.05, 0.1) is 0 Å². The topological polar surface area (TPSA) is 75.5 Å². The molecule has 0 amide bonds. The van der Waals surface area contributed by atoms with Crippen LogP contribution < -0.4 is 10.0 Å². The highest BCUT2D eigenvalue weighted by molar-refractivity contribution is 7.89. The molecule has 0 aromatic carbocycles. The summed E-state index contributed by atoms with van der Waals surface area (Å²) in [5.74, 6) is 0.857. The van der Waals surface area contributed by atoms with Gasteiger partial charge in [-0.1, -0.05) is 19.3 Å². The van der Waals surface area contributed by atoms with Crippen molar-refractivity contribution in [3.05, 3.63) is 11.6 Å². The molecule has 21 heavy (non-hydrogen) atoms. The van der Waals surface area contributed by atoms with Crippen molar-refractivity contribution in [3.8, 4) is 0 Å². The number of hydrogen-bond acceptors (Lipinski definition) is 5. The summed E-state index contributed by atoms with van der Waals surface area (Å²) in [6, 6.07) is 0. The molecule has 8 heteroatoms. The maximum absolute atomic E-state index is 12.6. The van der Waals surface area contributed by atoms with E-state index in [1.807, 2.05) is 5.38 Å². The van der Waals surface area contributed by atoms with Crippen molar-refractivity contribution < 1.29 is 8.42 Å². The molecule has 0 unspecified atom stereocenters. The minimum Gasteiger partial charge on any atom is -0.371 e. The normalized spacial score (nSPS) is 17.4.